The summed E-state index contributed by atoms with van der Waals surface area (Å²) < 4.78 is 7.06. The maximum atomic E-state index is 11.7. The zero-order chi connectivity index (χ0) is 13.3. The van der Waals surface area contributed by atoms with E-state index in [4.69, 9.17) is 4.74 Å². The monoisotopic (exact) mass is 247 g/mol. The van der Waals surface area contributed by atoms with E-state index < -0.39 is 5.41 Å². The van der Waals surface area contributed by atoms with Crippen molar-refractivity contribution in [2.45, 2.75) is 34.4 Å². The number of esters is 1. The molecule has 0 atom stereocenters. The Bertz CT molecular complexity index is 581. The first-order chi connectivity index (χ1) is 8.38. The number of hydrogen-bond acceptors (Lipinski definition) is 4. The molecule has 2 heterocycles. The Labute approximate surface area is 106 Å². The molecule has 0 aromatic carbocycles. The molecule has 0 spiro atoms. The van der Waals surface area contributed by atoms with Crippen LogP contribution in [0.2, 0.25) is 0 Å². The van der Waals surface area contributed by atoms with Crippen molar-refractivity contribution in [2.24, 2.45) is 5.41 Å². The fourth-order valence-corrected chi connectivity index (χ4v) is 1.50. The van der Waals surface area contributed by atoms with Crippen LogP contribution in [0.25, 0.3) is 11.0 Å². The Morgan fingerprint density at radius 1 is 1.44 bits per heavy atom. The van der Waals surface area contributed by atoms with Crippen molar-refractivity contribution < 1.29 is 9.53 Å². The molecule has 2 rings (SSSR count). The van der Waals surface area contributed by atoms with E-state index in [0.29, 0.717) is 5.82 Å². The molecule has 0 amide bonds. The van der Waals surface area contributed by atoms with E-state index in [0.717, 1.165) is 11.0 Å². The number of rotatable bonds is 2. The third-order valence-corrected chi connectivity index (χ3v) is 2.57. The summed E-state index contributed by atoms with van der Waals surface area (Å²) in [6.45, 7) is 7.49. The lowest BCUT2D eigenvalue weighted by Gasteiger charge is -2.16. The van der Waals surface area contributed by atoms with Gasteiger partial charge in [0.1, 0.15) is 11.5 Å². The topological polar surface area (TPSA) is 57.0 Å². The van der Waals surface area contributed by atoms with Crippen LogP contribution in [-0.2, 0) is 16.3 Å². The van der Waals surface area contributed by atoms with E-state index in [1.165, 1.54) is 0 Å². The van der Waals surface area contributed by atoms with Gasteiger partial charge < -0.3 is 4.74 Å². The molecule has 2 aromatic rings. The number of ether oxygens (including phenoxy) is 1. The standard InChI is InChI=1S/C13H17N3O2/c1-9-14-7-10-5-6-16(11(10)15-9)8-18-12(17)13(2,3)4/h5-7H,8H2,1-4H3. The van der Waals surface area contributed by atoms with Crippen molar-refractivity contribution >= 4 is 17.0 Å². The van der Waals surface area contributed by atoms with Crippen LogP contribution < -0.4 is 0 Å². The van der Waals surface area contributed by atoms with Gasteiger partial charge >= 0.3 is 5.97 Å². The van der Waals surface area contributed by atoms with E-state index in [2.05, 4.69) is 9.97 Å². The number of aryl methyl sites for hydroxylation is 1. The number of carbonyl (C=O) groups excluding carboxylic acids is 1. The molecule has 0 saturated carbocycles. The summed E-state index contributed by atoms with van der Waals surface area (Å²) in [6.07, 6.45) is 3.61. The fraction of sp³-hybridized carbons (Fsp3) is 0.462. The third kappa shape index (κ3) is 2.50. The maximum absolute atomic E-state index is 11.7. The van der Waals surface area contributed by atoms with Crippen molar-refractivity contribution in [2.75, 3.05) is 0 Å². The molecule has 0 saturated heterocycles. The summed E-state index contributed by atoms with van der Waals surface area (Å²) in [6, 6.07) is 1.90. The van der Waals surface area contributed by atoms with Gasteiger partial charge in [0.15, 0.2) is 6.73 Å². The van der Waals surface area contributed by atoms with Crippen molar-refractivity contribution in [3.63, 3.8) is 0 Å². The average molecular weight is 247 g/mol. The Kier molecular flexibility index (Phi) is 3.07. The molecule has 0 radical (unpaired) electrons. The van der Waals surface area contributed by atoms with Gasteiger partial charge in [-0.3, -0.25) is 9.36 Å². The van der Waals surface area contributed by atoms with E-state index in [1.807, 2.05) is 40.0 Å². The summed E-state index contributed by atoms with van der Waals surface area (Å²) >= 11 is 0. The Balaban J connectivity index is 2.18. The van der Waals surface area contributed by atoms with E-state index in [-0.39, 0.29) is 12.7 Å². The number of hydrogen-bond donors (Lipinski definition) is 0. The molecule has 0 fully saturated rings. The van der Waals surface area contributed by atoms with Crippen LogP contribution in [0.3, 0.4) is 0 Å². The van der Waals surface area contributed by atoms with Crippen molar-refractivity contribution in [3.05, 3.63) is 24.3 Å². The predicted octanol–water partition coefficient (Wildman–Crippen LogP) is 2.29. The molecule has 0 unspecified atom stereocenters. The summed E-state index contributed by atoms with van der Waals surface area (Å²) in [5, 5.41) is 0.937. The van der Waals surface area contributed by atoms with Gasteiger partial charge in [0.25, 0.3) is 0 Å². The minimum atomic E-state index is -0.492. The second kappa shape index (κ2) is 4.40. The first-order valence-electron chi connectivity index (χ1n) is 5.83. The number of carbonyl (C=O) groups is 1. The van der Waals surface area contributed by atoms with Crippen LogP contribution in [0.15, 0.2) is 18.5 Å². The molecule has 5 heteroatoms. The highest BCUT2D eigenvalue weighted by molar-refractivity contribution is 5.76. The van der Waals surface area contributed by atoms with Crippen molar-refractivity contribution in [1.82, 2.24) is 14.5 Å². The second-order valence-electron chi connectivity index (χ2n) is 5.29. The molecular formula is C13H17N3O2. The molecule has 96 valence electrons. The van der Waals surface area contributed by atoms with Crippen LogP contribution in [0.4, 0.5) is 0 Å². The Morgan fingerprint density at radius 3 is 2.83 bits per heavy atom. The summed E-state index contributed by atoms with van der Waals surface area (Å²) in [7, 11) is 0. The lowest BCUT2D eigenvalue weighted by Crippen LogP contribution is -2.23. The highest BCUT2D eigenvalue weighted by Gasteiger charge is 2.23. The van der Waals surface area contributed by atoms with Gasteiger partial charge in [-0.2, -0.15) is 0 Å². The van der Waals surface area contributed by atoms with Crippen LogP contribution >= 0.6 is 0 Å². The summed E-state index contributed by atoms with van der Waals surface area (Å²) in [4.78, 5) is 20.2. The molecular weight excluding hydrogens is 230 g/mol. The normalized spacial score (nSPS) is 11.8. The lowest BCUT2D eigenvalue weighted by molar-refractivity contribution is -0.156. The predicted molar refractivity (Wildman–Crippen MR) is 67.8 cm³/mol. The first kappa shape index (κ1) is 12.5. The second-order valence-corrected chi connectivity index (χ2v) is 5.29. The minimum absolute atomic E-state index is 0.177. The molecule has 0 aliphatic rings. The minimum Gasteiger partial charge on any atom is -0.443 e. The van der Waals surface area contributed by atoms with E-state index in [9.17, 15) is 4.79 Å². The molecule has 0 bridgehead atoms. The van der Waals surface area contributed by atoms with Crippen molar-refractivity contribution in [3.8, 4) is 0 Å². The lowest BCUT2D eigenvalue weighted by atomic mass is 9.98. The van der Waals surface area contributed by atoms with Gasteiger partial charge in [0.2, 0.25) is 0 Å². The van der Waals surface area contributed by atoms with Gasteiger partial charge in [0, 0.05) is 17.8 Å². The highest BCUT2D eigenvalue weighted by atomic mass is 16.5. The SMILES string of the molecule is Cc1ncc2ccn(COC(=O)C(C)(C)C)c2n1. The first-order valence-corrected chi connectivity index (χ1v) is 5.83. The Hall–Kier alpha value is -1.91. The van der Waals surface area contributed by atoms with Gasteiger partial charge in [-0.05, 0) is 33.8 Å². The molecule has 0 N–H and O–H groups in total. The maximum Gasteiger partial charge on any atom is 0.312 e. The van der Waals surface area contributed by atoms with E-state index >= 15 is 0 Å². The van der Waals surface area contributed by atoms with Gasteiger partial charge in [-0.15, -0.1) is 0 Å². The summed E-state index contributed by atoms with van der Waals surface area (Å²) in [5.41, 5.74) is 0.289. The van der Waals surface area contributed by atoms with Gasteiger partial charge in [-0.25, -0.2) is 9.97 Å². The molecule has 2 aromatic heterocycles. The van der Waals surface area contributed by atoms with Crippen LogP contribution in [0.5, 0.6) is 0 Å². The number of fused-ring (bicyclic) bond motifs is 1. The highest BCUT2D eigenvalue weighted by Crippen LogP contribution is 2.17. The van der Waals surface area contributed by atoms with Crippen molar-refractivity contribution in [1.29, 1.82) is 0 Å². The van der Waals surface area contributed by atoms with E-state index in [1.54, 1.807) is 10.8 Å². The summed E-state index contributed by atoms with van der Waals surface area (Å²) in [5.74, 6) is 0.472. The largest absolute Gasteiger partial charge is 0.443 e. The smallest absolute Gasteiger partial charge is 0.312 e. The van der Waals surface area contributed by atoms with Gasteiger partial charge in [0.05, 0.1) is 5.41 Å². The molecule has 18 heavy (non-hydrogen) atoms. The van der Waals surface area contributed by atoms with Gasteiger partial charge in [-0.1, -0.05) is 0 Å². The molecule has 5 nitrogen and oxygen atoms in total. The average Bonchev–Trinajstić information content (AvgIpc) is 2.67. The zero-order valence-electron chi connectivity index (χ0n) is 11.1. The van der Waals surface area contributed by atoms with Crippen LogP contribution in [-0.4, -0.2) is 20.5 Å². The number of aromatic nitrogens is 3. The molecule has 0 aliphatic heterocycles. The fourth-order valence-electron chi connectivity index (χ4n) is 1.50. The Morgan fingerprint density at radius 2 is 2.17 bits per heavy atom. The number of nitrogens with zero attached hydrogens (tertiary/aromatic N) is 3. The molecule has 0 aliphatic carbocycles. The zero-order valence-corrected chi connectivity index (χ0v) is 11.1. The third-order valence-electron chi connectivity index (χ3n) is 2.57. The van der Waals surface area contributed by atoms with Crippen LogP contribution in [0, 0.1) is 12.3 Å². The quantitative estimate of drug-likeness (QED) is 0.764. The van der Waals surface area contributed by atoms with Crippen LogP contribution in [0.1, 0.15) is 26.6 Å².